The van der Waals surface area contributed by atoms with E-state index < -0.39 is 5.97 Å². The molecule has 0 aliphatic carbocycles. The van der Waals surface area contributed by atoms with Crippen LogP contribution in [0.4, 0.5) is 0 Å². The second-order valence-electron chi connectivity index (χ2n) is 5.35. The van der Waals surface area contributed by atoms with E-state index in [1.54, 1.807) is 24.3 Å². The van der Waals surface area contributed by atoms with Gasteiger partial charge in [0, 0.05) is 11.4 Å². The molecular formula is C18H15ClN2O3S2. The number of esters is 1. The third kappa shape index (κ3) is 3.95. The van der Waals surface area contributed by atoms with Crippen LogP contribution in [0.5, 0.6) is 0 Å². The van der Waals surface area contributed by atoms with E-state index >= 15 is 0 Å². The first kappa shape index (κ1) is 18.6. The summed E-state index contributed by atoms with van der Waals surface area (Å²) >= 11 is 8.62. The van der Waals surface area contributed by atoms with Gasteiger partial charge in [0.15, 0.2) is 4.80 Å². The summed E-state index contributed by atoms with van der Waals surface area (Å²) in [6.45, 7) is 4.27. The summed E-state index contributed by atoms with van der Waals surface area (Å²) in [4.78, 5) is 29.8. The SMILES string of the molecule is C=CCn1c(=NC(=O)Cc2ccc(Cl)s2)sc2cc(C(=O)OC)ccc21. The van der Waals surface area contributed by atoms with Crippen molar-refractivity contribution in [3.63, 3.8) is 0 Å². The van der Waals surface area contributed by atoms with Crippen molar-refractivity contribution < 1.29 is 14.3 Å². The highest BCUT2D eigenvalue weighted by Gasteiger charge is 2.12. The Morgan fingerprint density at radius 2 is 2.12 bits per heavy atom. The second kappa shape index (κ2) is 7.99. The average Bonchev–Trinajstić information content (AvgIpc) is 3.17. The highest BCUT2D eigenvalue weighted by molar-refractivity contribution is 7.16. The van der Waals surface area contributed by atoms with Crippen LogP contribution in [0.3, 0.4) is 0 Å². The highest BCUT2D eigenvalue weighted by atomic mass is 35.5. The number of allylic oxidation sites excluding steroid dienone is 1. The fraction of sp³-hybridized carbons (Fsp3) is 0.167. The summed E-state index contributed by atoms with van der Waals surface area (Å²) in [6.07, 6.45) is 1.94. The molecule has 3 aromatic rings. The maximum atomic E-state index is 12.3. The molecule has 0 bridgehead atoms. The summed E-state index contributed by atoms with van der Waals surface area (Å²) < 4.78 is 8.15. The van der Waals surface area contributed by atoms with E-state index in [1.165, 1.54) is 29.8 Å². The van der Waals surface area contributed by atoms with Crippen molar-refractivity contribution >= 4 is 56.4 Å². The van der Waals surface area contributed by atoms with Crippen molar-refractivity contribution in [3.8, 4) is 0 Å². The lowest BCUT2D eigenvalue weighted by Gasteiger charge is -2.02. The van der Waals surface area contributed by atoms with Gasteiger partial charge in [0.05, 0.1) is 33.6 Å². The van der Waals surface area contributed by atoms with Gasteiger partial charge in [-0.3, -0.25) is 4.79 Å². The molecule has 2 heterocycles. The number of ether oxygens (including phenoxy) is 1. The van der Waals surface area contributed by atoms with Gasteiger partial charge >= 0.3 is 5.97 Å². The fourth-order valence-corrected chi connectivity index (χ4v) is 4.63. The molecule has 1 aromatic carbocycles. The number of amides is 1. The zero-order valence-electron chi connectivity index (χ0n) is 13.9. The highest BCUT2D eigenvalue weighted by Crippen LogP contribution is 2.22. The monoisotopic (exact) mass is 406 g/mol. The number of halogens is 1. The molecule has 5 nitrogen and oxygen atoms in total. The zero-order chi connectivity index (χ0) is 18.7. The third-order valence-corrected chi connectivity index (χ3v) is 5.86. The first-order valence-corrected chi connectivity index (χ1v) is 9.67. The minimum atomic E-state index is -0.403. The van der Waals surface area contributed by atoms with Crippen LogP contribution in [-0.4, -0.2) is 23.6 Å². The number of thiazole rings is 1. The molecular weight excluding hydrogens is 392 g/mol. The lowest BCUT2D eigenvalue weighted by Crippen LogP contribution is -2.16. The quantitative estimate of drug-likeness (QED) is 0.474. The van der Waals surface area contributed by atoms with Crippen molar-refractivity contribution in [2.45, 2.75) is 13.0 Å². The number of carbonyl (C=O) groups is 2. The number of rotatable bonds is 5. The van der Waals surface area contributed by atoms with Crippen molar-refractivity contribution in [2.75, 3.05) is 7.11 Å². The van der Waals surface area contributed by atoms with Crippen molar-refractivity contribution in [1.82, 2.24) is 4.57 Å². The lowest BCUT2D eigenvalue weighted by atomic mass is 10.2. The molecule has 2 aromatic heterocycles. The van der Waals surface area contributed by atoms with Gasteiger partial charge in [0.1, 0.15) is 0 Å². The number of fused-ring (bicyclic) bond motifs is 1. The van der Waals surface area contributed by atoms with Gasteiger partial charge in [0.25, 0.3) is 5.91 Å². The Bertz CT molecular complexity index is 1060. The largest absolute Gasteiger partial charge is 0.465 e. The first-order valence-electron chi connectivity index (χ1n) is 7.66. The Morgan fingerprint density at radius 1 is 1.31 bits per heavy atom. The van der Waals surface area contributed by atoms with E-state index in [-0.39, 0.29) is 12.3 Å². The molecule has 8 heteroatoms. The molecule has 0 saturated carbocycles. The molecule has 26 heavy (non-hydrogen) atoms. The topological polar surface area (TPSA) is 60.7 Å². The van der Waals surface area contributed by atoms with Crippen molar-refractivity contribution in [2.24, 2.45) is 4.99 Å². The lowest BCUT2D eigenvalue weighted by molar-refractivity contribution is -0.117. The maximum absolute atomic E-state index is 12.3. The van der Waals surface area contributed by atoms with Gasteiger partial charge in [-0.2, -0.15) is 4.99 Å². The maximum Gasteiger partial charge on any atom is 0.337 e. The van der Waals surface area contributed by atoms with E-state index in [0.29, 0.717) is 21.2 Å². The van der Waals surface area contributed by atoms with E-state index in [0.717, 1.165) is 15.1 Å². The number of thiophene rings is 1. The predicted molar refractivity (Wildman–Crippen MR) is 105 cm³/mol. The van der Waals surface area contributed by atoms with E-state index in [9.17, 15) is 9.59 Å². The molecule has 0 radical (unpaired) electrons. The van der Waals surface area contributed by atoms with Crippen molar-refractivity contribution in [1.29, 1.82) is 0 Å². The van der Waals surface area contributed by atoms with Crippen LogP contribution in [-0.2, 0) is 22.5 Å². The average molecular weight is 407 g/mol. The molecule has 0 unspecified atom stereocenters. The molecule has 134 valence electrons. The molecule has 0 fully saturated rings. The summed E-state index contributed by atoms with van der Waals surface area (Å²) in [7, 11) is 1.34. The Labute approximate surface area is 162 Å². The van der Waals surface area contributed by atoms with Crippen LogP contribution in [0.15, 0.2) is 48.0 Å². The summed E-state index contributed by atoms with van der Waals surface area (Å²) in [5, 5.41) is 0. The Morgan fingerprint density at radius 3 is 2.77 bits per heavy atom. The van der Waals surface area contributed by atoms with Crippen LogP contribution in [0.1, 0.15) is 15.2 Å². The second-order valence-corrected chi connectivity index (χ2v) is 8.15. The van der Waals surface area contributed by atoms with Crippen LogP contribution in [0, 0.1) is 0 Å². The van der Waals surface area contributed by atoms with Crippen LogP contribution < -0.4 is 4.80 Å². The number of aromatic nitrogens is 1. The van der Waals surface area contributed by atoms with Crippen LogP contribution >= 0.6 is 34.3 Å². The van der Waals surface area contributed by atoms with Gasteiger partial charge in [-0.15, -0.1) is 17.9 Å². The Kier molecular flexibility index (Phi) is 5.70. The number of benzene rings is 1. The predicted octanol–water partition coefficient (Wildman–Crippen LogP) is 4.06. The minimum absolute atomic E-state index is 0.202. The smallest absolute Gasteiger partial charge is 0.337 e. The molecule has 0 saturated heterocycles. The van der Waals surface area contributed by atoms with E-state index in [2.05, 4.69) is 11.6 Å². The summed E-state index contributed by atoms with van der Waals surface area (Å²) in [6, 6.07) is 8.85. The van der Waals surface area contributed by atoms with Crippen molar-refractivity contribution in [3.05, 3.63) is 62.6 Å². The van der Waals surface area contributed by atoms with E-state index in [1.807, 2.05) is 16.7 Å². The van der Waals surface area contributed by atoms with Gasteiger partial charge in [-0.05, 0) is 30.3 Å². The minimum Gasteiger partial charge on any atom is -0.465 e. The normalized spacial score (nSPS) is 11.7. The number of hydrogen-bond donors (Lipinski definition) is 0. The number of methoxy groups -OCH3 is 1. The fourth-order valence-electron chi connectivity index (χ4n) is 2.45. The molecule has 0 spiro atoms. The van der Waals surface area contributed by atoms with Gasteiger partial charge in [-0.1, -0.05) is 29.0 Å². The number of carbonyl (C=O) groups excluding carboxylic acids is 2. The standard InChI is InChI=1S/C18H15ClN2O3S2/c1-3-8-21-13-6-4-11(17(23)24-2)9-14(13)26-18(21)20-16(22)10-12-5-7-15(19)25-12/h3-7,9H,1,8,10H2,2H3. The Hall–Kier alpha value is -2.22. The Balaban J connectivity index is 2.02. The van der Waals surface area contributed by atoms with Crippen LogP contribution in [0.25, 0.3) is 10.2 Å². The number of hydrogen-bond acceptors (Lipinski definition) is 5. The van der Waals surface area contributed by atoms with Gasteiger partial charge < -0.3 is 9.30 Å². The molecule has 0 N–H and O–H groups in total. The summed E-state index contributed by atoms with van der Waals surface area (Å²) in [5.74, 6) is -0.652. The van der Waals surface area contributed by atoms with E-state index in [4.69, 9.17) is 16.3 Å². The van der Waals surface area contributed by atoms with Gasteiger partial charge in [-0.25, -0.2) is 4.79 Å². The van der Waals surface area contributed by atoms with Gasteiger partial charge in [0.2, 0.25) is 0 Å². The molecule has 3 rings (SSSR count). The number of nitrogens with zero attached hydrogens (tertiary/aromatic N) is 2. The van der Waals surface area contributed by atoms with Crippen LogP contribution in [0.2, 0.25) is 4.34 Å². The molecule has 0 aliphatic heterocycles. The molecule has 0 atom stereocenters. The summed E-state index contributed by atoms with van der Waals surface area (Å²) in [5.41, 5.74) is 1.34. The molecule has 1 amide bonds. The molecule has 0 aliphatic rings. The third-order valence-electron chi connectivity index (χ3n) is 3.59. The zero-order valence-corrected chi connectivity index (χ0v) is 16.3. The first-order chi connectivity index (χ1) is 12.5.